The third-order valence-electron chi connectivity index (χ3n) is 0. The van der Waals surface area contributed by atoms with E-state index in [0.717, 1.165) is 0 Å². The van der Waals surface area contributed by atoms with Crippen molar-refractivity contribution in [2.75, 3.05) is 0 Å². The molecular weight excluding hydrogens is 163 g/mol. The van der Waals surface area contributed by atoms with Gasteiger partial charge < -0.3 is 2.85 Å². The average molecular weight is 168 g/mol. The van der Waals surface area contributed by atoms with Crippen LogP contribution in [0.25, 0.3) is 0 Å². The molecule has 8 heavy (non-hydrogen) atoms. The molecule has 0 heterocycles. The Balaban J connectivity index is -0.00000000800. The van der Waals surface area contributed by atoms with Crippen LogP contribution in [0, 0.1) is 0 Å². The molecule has 0 radical (unpaired) electrons. The molecule has 0 spiro atoms. The molecule has 3 nitrogen and oxygen atoms in total. The summed E-state index contributed by atoms with van der Waals surface area (Å²) in [4.78, 5) is 13.9. The van der Waals surface area contributed by atoms with E-state index >= 15 is 0 Å². The van der Waals surface area contributed by atoms with Gasteiger partial charge in [-0.05, 0) is 0 Å². The second-order valence-electron chi connectivity index (χ2n) is 0.473. The van der Waals surface area contributed by atoms with Gasteiger partial charge in [-0.15, -0.1) is 4.20 Å². The fourth-order valence-electron chi connectivity index (χ4n) is 0. The molecule has 8 heteroatoms. The summed E-state index contributed by atoms with van der Waals surface area (Å²) in [7, 11) is -5.14. The summed E-state index contributed by atoms with van der Waals surface area (Å²) in [6.07, 6.45) is 0. The fraction of sp³-hybridized carbons (Fsp3) is 0. The van der Waals surface area contributed by atoms with Gasteiger partial charge in [-0.1, -0.05) is 0 Å². The van der Waals surface area contributed by atoms with Crippen LogP contribution >= 0.6 is 7.91 Å². The van der Waals surface area contributed by atoms with E-state index in [1.807, 2.05) is 0 Å². The molecule has 0 aliphatic heterocycles. The molecule has 0 aromatic rings. The fourth-order valence-corrected chi connectivity index (χ4v) is 0. The Kier molecular flexibility index (Phi) is 25.3. The van der Waals surface area contributed by atoms with Crippen LogP contribution in [0.4, 0.5) is 8.90 Å². The molecule has 0 unspecified atom stereocenters. The molecule has 0 saturated heterocycles. The SMILES string of the molecule is F.O=P(O)(O)F.[H-].[H-].[Na+].[Na+]. The van der Waals surface area contributed by atoms with Crippen molar-refractivity contribution in [2.24, 2.45) is 0 Å². The maximum Gasteiger partial charge on any atom is 1.00 e. The second-order valence-corrected chi connectivity index (χ2v) is 1.42. The minimum absolute atomic E-state index is 0. The quantitative estimate of drug-likeness (QED) is 0.280. The molecule has 0 bridgehead atoms. The Bertz CT molecular complexity index is 68.6. The summed E-state index contributed by atoms with van der Waals surface area (Å²) in [6, 6.07) is 0. The minimum Gasteiger partial charge on any atom is -1.00 e. The molecule has 0 saturated carbocycles. The summed E-state index contributed by atoms with van der Waals surface area (Å²) in [5.41, 5.74) is 0. The van der Waals surface area contributed by atoms with Crippen molar-refractivity contribution in [3.63, 3.8) is 0 Å². The Labute approximate surface area is 92.2 Å². The van der Waals surface area contributed by atoms with E-state index in [4.69, 9.17) is 14.4 Å². The smallest absolute Gasteiger partial charge is 1.00 e. The first-order valence-electron chi connectivity index (χ1n) is 0.752. The summed E-state index contributed by atoms with van der Waals surface area (Å²) in [5, 5.41) is 0. The van der Waals surface area contributed by atoms with E-state index in [1.165, 1.54) is 0 Å². The van der Waals surface area contributed by atoms with Gasteiger partial charge in [-0.3, -0.25) is 14.5 Å². The monoisotopic (exact) mass is 168 g/mol. The van der Waals surface area contributed by atoms with Crippen LogP contribution in [0.15, 0.2) is 0 Å². The van der Waals surface area contributed by atoms with Gasteiger partial charge in [0.15, 0.2) is 0 Å². The summed E-state index contributed by atoms with van der Waals surface area (Å²) < 4.78 is 19.0. The van der Waals surface area contributed by atoms with Crippen LogP contribution in [0.1, 0.15) is 2.85 Å². The van der Waals surface area contributed by atoms with Crippen LogP contribution in [0.3, 0.4) is 0 Å². The van der Waals surface area contributed by atoms with Crippen LogP contribution < -0.4 is 59.1 Å². The summed E-state index contributed by atoms with van der Waals surface area (Å²) >= 11 is 0. The number of rotatable bonds is 0. The Morgan fingerprint density at radius 1 is 1.38 bits per heavy atom. The zero-order chi connectivity index (χ0) is 4.50. The van der Waals surface area contributed by atoms with Crippen molar-refractivity contribution in [3.8, 4) is 0 Å². The van der Waals surface area contributed by atoms with Crippen molar-refractivity contribution < 1.29 is 85.2 Å². The normalized spacial score (nSPS) is 7.38. The van der Waals surface area contributed by atoms with E-state index in [0.29, 0.717) is 0 Å². The van der Waals surface area contributed by atoms with Gasteiger partial charge in [0.1, 0.15) is 0 Å². The largest absolute Gasteiger partial charge is 1.00 e. The van der Waals surface area contributed by atoms with Gasteiger partial charge in [-0.2, -0.15) is 0 Å². The predicted molar refractivity (Wildman–Crippen MR) is 17.9 cm³/mol. The molecule has 0 fully saturated rings. The van der Waals surface area contributed by atoms with Crippen molar-refractivity contribution in [1.29, 1.82) is 0 Å². The summed E-state index contributed by atoms with van der Waals surface area (Å²) in [6.45, 7) is 0. The van der Waals surface area contributed by atoms with E-state index < -0.39 is 7.91 Å². The number of halogens is 2. The van der Waals surface area contributed by atoms with Crippen molar-refractivity contribution >= 4 is 7.91 Å². The first-order chi connectivity index (χ1) is 2.00. The average Bonchev–Trinajstić information content (AvgIpc) is 0.722. The van der Waals surface area contributed by atoms with E-state index in [-0.39, 0.29) is 66.7 Å². The molecule has 0 aromatic carbocycles. The van der Waals surface area contributed by atoms with Gasteiger partial charge in [0.25, 0.3) is 0 Å². The predicted octanol–water partition coefficient (Wildman–Crippen LogP) is -5.57. The first kappa shape index (κ1) is 22.5. The Hall–Kier alpha value is 2.01. The Morgan fingerprint density at radius 3 is 1.38 bits per heavy atom. The van der Waals surface area contributed by atoms with E-state index in [2.05, 4.69) is 0 Å². The number of hydrogen-bond acceptors (Lipinski definition) is 1. The van der Waals surface area contributed by atoms with Gasteiger partial charge in [-0.25, -0.2) is 4.57 Å². The topological polar surface area (TPSA) is 57.5 Å². The standard InChI is InChI=1S/FH2O3P.FH.2Na.2H/c1-5(2,3)4;;;;;/h(H2,2,3,4);1H;;;;/q;;2*+1;2*-1. The van der Waals surface area contributed by atoms with Gasteiger partial charge in [0.05, 0.1) is 0 Å². The third-order valence-corrected chi connectivity index (χ3v) is 0. The van der Waals surface area contributed by atoms with Crippen LogP contribution in [0.5, 0.6) is 0 Å². The van der Waals surface area contributed by atoms with Crippen molar-refractivity contribution in [3.05, 3.63) is 0 Å². The van der Waals surface area contributed by atoms with E-state index in [1.54, 1.807) is 0 Å². The van der Waals surface area contributed by atoms with Gasteiger partial charge >= 0.3 is 67.0 Å². The molecule has 2 N–H and O–H groups in total. The van der Waals surface area contributed by atoms with Crippen molar-refractivity contribution in [2.45, 2.75) is 0 Å². The maximum absolute atomic E-state index is 10.4. The minimum atomic E-state index is -5.14. The van der Waals surface area contributed by atoms with Gasteiger partial charge in [0.2, 0.25) is 0 Å². The maximum atomic E-state index is 10.4. The molecule has 0 aliphatic rings. The summed E-state index contributed by atoms with van der Waals surface area (Å²) in [5.74, 6) is 0. The van der Waals surface area contributed by atoms with Crippen molar-refractivity contribution in [1.82, 2.24) is 0 Å². The molecule has 0 aliphatic carbocycles. The molecule has 0 atom stereocenters. The molecular formula is H5F2Na2O3P. The van der Waals surface area contributed by atoms with E-state index in [9.17, 15) is 4.20 Å². The Morgan fingerprint density at radius 2 is 1.38 bits per heavy atom. The van der Waals surface area contributed by atoms with Crippen LogP contribution in [0.2, 0.25) is 0 Å². The molecule has 44 valence electrons. The van der Waals surface area contributed by atoms with Crippen LogP contribution in [-0.2, 0) is 4.57 Å². The third kappa shape index (κ3) is 97.4. The molecule has 0 amide bonds. The zero-order valence-corrected chi connectivity index (χ0v) is 9.43. The van der Waals surface area contributed by atoms with Crippen LogP contribution in [-0.4, -0.2) is 9.79 Å². The number of hydrogen-bond donors (Lipinski definition) is 2. The zero-order valence-electron chi connectivity index (χ0n) is 6.54. The molecule has 0 rings (SSSR count). The van der Waals surface area contributed by atoms with Gasteiger partial charge in [0, 0.05) is 0 Å². The second kappa shape index (κ2) is 9.01. The first-order valence-corrected chi connectivity index (χ1v) is 2.25. The molecule has 0 aromatic heterocycles.